The van der Waals surface area contributed by atoms with E-state index in [-0.39, 0.29) is 24.1 Å². The van der Waals surface area contributed by atoms with Gasteiger partial charge in [0.1, 0.15) is 5.75 Å². The van der Waals surface area contributed by atoms with Gasteiger partial charge >= 0.3 is 0 Å². The number of aryl methyl sites for hydroxylation is 1. The third kappa shape index (κ3) is 5.29. The van der Waals surface area contributed by atoms with Crippen LogP contribution in [0.25, 0.3) is 22.0 Å². The second-order valence-corrected chi connectivity index (χ2v) is 10.2. The topological polar surface area (TPSA) is 106 Å². The first-order chi connectivity index (χ1) is 19.2. The first kappa shape index (κ1) is 27.3. The lowest BCUT2D eigenvalue weighted by Crippen LogP contribution is -2.56. The minimum absolute atomic E-state index is 0.0622. The minimum atomic E-state index is -1.46. The van der Waals surface area contributed by atoms with E-state index in [1.54, 1.807) is 41.2 Å². The Hall–Kier alpha value is -4.25. The van der Waals surface area contributed by atoms with Gasteiger partial charge in [0.05, 0.1) is 30.1 Å². The molecule has 10 nitrogen and oxygen atoms in total. The predicted octanol–water partition coefficient (Wildman–Crippen LogP) is 2.88. The molecule has 0 saturated carbocycles. The molecular formula is C29H33FN6O4. The Bertz CT molecular complexity index is 1600. The van der Waals surface area contributed by atoms with Crippen molar-refractivity contribution in [3.05, 3.63) is 70.3 Å². The number of rotatable bonds is 7. The average Bonchev–Trinajstić information content (AvgIpc) is 3.18. The monoisotopic (exact) mass is 548 g/mol. The lowest BCUT2D eigenvalue weighted by Gasteiger charge is -2.40. The molecule has 5 rings (SSSR count). The molecule has 2 aromatic carbocycles. The molecule has 1 N–H and O–H groups in total. The van der Waals surface area contributed by atoms with E-state index in [1.807, 2.05) is 40.8 Å². The van der Waals surface area contributed by atoms with Crippen molar-refractivity contribution >= 4 is 22.8 Å². The lowest BCUT2D eigenvalue weighted by atomic mass is 10.1. The predicted molar refractivity (Wildman–Crippen MR) is 150 cm³/mol. The van der Waals surface area contributed by atoms with E-state index in [0.717, 1.165) is 27.8 Å². The van der Waals surface area contributed by atoms with Gasteiger partial charge in [-0.3, -0.25) is 19.0 Å². The Kier molecular flexibility index (Phi) is 7.57. The highest BCUT2D eigenvalue weighted by Crippen LogP contribution is 2.27. The number of aromatic nitrogens is 4. The van der Waals surface area contributed by atoms with Gasteiger partial charge in [0.25, 0.3) is 5.56 Å². The van der Waals surface area contributed by atoms with E-state index in [9.17, 15) is 19.1 Å². The average molecular weight is 549 g/mol. The zero-order valence-electron chi connectivity index (χ0n) is 23.0. The van der Waals surface area contributed by atoms with E-state index in [4.69, 9.17) is 4.74 Å². The van der Waals surface area contributed by atoms with Crippen LogP contribution in [0.3, 0.4) is 0 Å². The minimum Gasteiger partial charge on any atom is -0.460 e. The molecule has 0 aliphatic carbocycles. The number of nitrogens with zero attached hydrogens (tertiary/aromatic N) is 6. The maximum Gasteiger partial charge on any atom is 0.274 e. The quantitative estimate of drug-likeness (QED) is 0.379. The van der Waals surface area contributed by atoms with Crippen molar-refractivity contribution in [2.75, 3.05) is 31.1 Å². The highest BCUT2D eigenvalue weighted by Gasteiger charge is 2.29. The summed E-state index contributed by atoms with van der Waals surface area (Å²) in [6.45, 7) is 6.49. The number of carbonyl (C=O) groups is 1. The van der Waals surface area contributed by atoms with Crippen molar-refractivity contribution in [2.24, 2.45) is 7.05 Å². The number of amides is 1. The summed E-state index contributed by atoms with van der Waals surface area (Å²) in [7, 11) is 1.71. The summed E-state index contributed by atoms with van der Waals surface area (Å²) in [4.78, 5) is 37.6. The van der Waals surface area contributed by atoms with Crippen LogP contribution in [0.15, 0.2) is 53.6 Å². The number of hydrogen-bond acceptors (Lipinski definition) is 7. The van der Waals surface area contributed by atoms with Crippen molar-refractivity contribution in [2.45, 2.75) is 39.7 Å². The van der Waals surface area contributed by atoms with E-state index >= 15 is 0 Å². The number of benzene rings is 2. The van der Waals surface area contributed by atoms with Crippen LogP contribution in [-0.4, -0.2) is 73.9 Å². The number of aliphatic hydroxyl groups is 1. The fraction of sp³-hybridized carbons (Fsp3) is 0.379. The van der Waals surface area contributed by atoms with Crippen LogP contribution in [0, 0.1) is 6.92 Å². The molecule has 1 aliphatic heterocycles. The molecule has 0 radical (unpaired) electrons. The largest absolute Gasteiger partial charge is 0.460 e. The van der Waals surface area contributed by atoms with Gasteiger partial charge in [-0.1, -0.05) is 23.8 Å². The highest BCUT2D eigenvalue weighted by molar-refractivity contribution is 5.84. The first-order valence-corrected chi connectivity index (χ1v) is 13.2. The van der Waals surface area contributed by atoms with Crippen molar-refractivity contribution < 1.29 is 19.0 Å². The molecule has 3 heterocycles. The number of alkyl halides is 1. The fourth-order valence-electron chi connectivity index (χ4n) is 5.27. The lowest BCUT2D eigenvalue weighted by molar-refractivity contribution is -0.132. The Morgan fingerprint density at radius 1 is 1.15 bits per heavy atom. The van der Waals surface area contributed by atoms with Crippen molar-refractivity contribution in [1.82, 2.24) is 24.2 Å². The number of carbonyl (C=O) groups excluding carboxylic acids is 1. The number of piperazine rings is 1. The number of fused-ring (bicyclic) bond motifs is 1. The van der Waals surface area contributed by atoms with E-state index in [2.05, 4.69) is 9.97 Å². The van der Waals surface area contributed by atoms with Gasteiger partial charge < -0.3 is 19.6 Å². The molecule has 11 heteroatoms. The third-order valence-corrected chi connectivity index (χ3v) is 7.34. The summed E-state index contributed by atoms with van der Waals surface area (Å²) in [5.41, 5.74) is 3.97. The zero-order chi connectivity index (χ0) is 28.6. The molecule has 1 fully saturated rings. The molecular weight excluding hydrogens is 515 g/mol. The normalized spacial score (nSPS) is 16.4. The molecule has 40 heavy (non-hydrogen) atoms. The van der Waals surface area contributed by atoms with Crippen LogP contribution >= 0.6 is 0 Å². The van der Waals surface area contributed by atoms with Crippen LogP contribution in [0.1, 0.15) is 25.0 Å². The van der Waals surface area contributed by atoms with Gasteiger partial charge in [0, 0.05) is 64.1 Å². The second-order valence-electron chi connectivity index (χ2n) is 10.2. The molecule has 1 saturated heterocycles. The van der Waals surface area contributed by atoms with Crippen LogP contribution in [0.2, 0.25) is 0 Å². The summed E-state index contributed by atoms with van der Waals surface area (Å²) < 4.78 is 22.5. The maximum atomic E-state index is 13.7. The number of anilines is 1. The summed E-state index contributed by atoms with van der Waals surface area (Å²) in [6.07, 6.45) is 2.00. The molecule has 210 valence electrons. The van der Waals surface area contributed by atoms with Crippen LogP contribution in [0.5, 0.6) is 5.75 Å². The van der Waals surface area contributed by atoms with Crippen molar-refractivity contribution in [3.63, 3.8) is 0 Å². The van der Waals surface area contributed by atoms with Crippen LogP contribution in [0.4, 0.5) is 10.3 Å². The number of hydrogen-bond donors (Lipinski definition) is 1. The number of halogens is 1. The molecule has 2 atom stereocenters. The number of ether oxygens (including phenoxy) is 1. The summed E-state index contributed by atoms with van der Waals surface area (Å²) >= 11 is 0. The molecule has 2 aromatic heterocycles. The molecule has 0 spiro atoms. The summed E-state index contributed by atoms with van der Waals surface area (Å²) in [5.74, 6) is 0.896. The van der Waals surface area contributed by atoms with E-state index < -0.39 is 6.36 Å². The van der Waals surface area contributed by atoms with Gasteiger partial charge in [-0.2, -0.15) is 0 Å². The second kappa shape index (κ2) is 11.1. The Labute approximate surface area is 231 Å². The maximum absolute atomic E-state index is 13.7. The van der Waals surface area contributed by atoms with E-state index in [1.165, 1.54) is 13.8 Å². The first-order valence-electron chi connectivity index (χ1n) is 13.2. The van der Waals surface area contributed by atoms with Crippen LogP contribution < -0.4 is 15.2 Å². The number of aliphatic hydroxyl groups excluding tert-OH is 1. The van der Waals surface area contributed by atoms with Crippen molar-refractivity contribution in [3.8, 4) is 16.9 Å². The smallest absolute Gasteiger partial charge is 0.274 e. The molecule has 1 aliphatic rings. The molecule has 1 amide bonds. The Morgan fingerprint density at radius 2 is 1.90 bits per heavy atom. The summed E-state index contributed by atoms with van der Waals surface area (Å²) in [5, 5.41) is 10.3. The third-order valence-electron chi connectivity index (χ3n) is 7.34. The van der Waals surface area contributed by atoms with Gasteiger partial charge in [-0.25, -0.2) is 14.4 Å². The van der Waals surface area contributed by atoms with Gasteiger partial charge in [0.15, 0.2) is 0 Å². The van der Waals surface area contributed by atoms with Crippen LogP contribution in [-0.2, 0) is 18.4 Å². The Morgan fingerprint density at radius 3 is 2.58 bits per heavy atom. The van der Waals surface area contributed by atoms with Crippen molar-refractivity contribution in [1.29, 1.82) is 0 Å². The highest BCUT2D eigenvalue weighted by atomic mass is 19.1. The van der Waals surface area contributed by atoms with Gasteiger partial charge in [0.2, 0.25) is 18.2 Å². The fourth-order valence-corrected chi connectivity index (χ4v) is 5.27. The zero-order valence-corrected chi connectivity index (χ0v) is 23.0. The molecule has 4 aromatic rings. The SMILES string of the molecule is CC(=O)N1CCN(c2ncc(-c3ccc4c(=O)n(C)n(Cc5cc(C)ccc5OC(C)F)c4c3)cn2)C[C@@H]1CO. The van der Waals surface area contributed by atoms with Gasteiger partial charge in [-0.15, -0.1) is 0 Å². The molecule has 0 bridgehead atoms. The van der Waals surface area contributed by atoms with Gasteiger partial charge in [-0.05, 0) is 30.7 Å². The summed E-state index contributed by atoms with van der Waals surface area (Å²) in [6, 6.07) is 10.8. The van der Waals surface area contributed by atoms with E-state index in [0.29, 0.717) is 43.3 Å². The standard InChI is InChI=1S/C29H33FN6O4/c1-18-5-8-27(40-19(2)30)22(11-18)15-36-26-12-21(6-7-25(26)28(39)33(36)4)23-13-31-29(32-14-23)34-9-10-35(20(3)38)24(16-34)17-37/h5-8,11-14,19,24,37H,9-10,15-17H2,1-4H3/t19?,24-/m1/s1. The molecule has 1 unspecified atom stereocenters. The Balaban J connectivity index is 1.45.